The van der Waals surface area contributed by atoms with E-state index in [1.807, 2.05) is 11.8 Å². The summed E-state index contributed by atoms with van der Waals surface area (Å²) in [7, 11) is 0. The van der Waals surface area contributed by atoms with Gasteiger partial charge in [0.15, 0.2) is 0 Å². The second-order valence-electron chi connectivity index (χ2n) is 5.15. The van der Waals surface area contributed by atoms with E-state index in [-0.39, 0.29) is 6.04 Å². The SMILES string of the molecule is CCCN[C@H]1CCS[C@H]2CCC[C@@H](C)N2C1=O. The van der Waals surface area contributed by atoms with Crippen LogP contribution in [0.1, 0.15) is 46.0 Å². The van der Waals surface area contributed by atoms with E-state index in [4.69, 9.17) is 0 Å². The summed E-state index contributed by atoms with van der Waals surface area (Å²) >= 11 is 1.98. The van der Waals surface area contributed by atoms with Crippen LogP contribution in [0.5, 0.6) is 0 Å². The Kier molecular flexibility index (Phi) is 4.74. The van der Waals surface area contributed by atoms with Crippen LogP contribution in [-0.2, 0) is 4.79 Å². The highest BCUT2D eigenvalue weighted by Crippen LogP contribution is 2.33. The second kappa shape index (κ2) is 6.10. The minimum absolute atomic E-state index is 0.0630. The number of amides is 1. The highest BCUT2D eigenvalue weighted by molar-refractivity contribution is 7.99. The summed E-state index contributed by atoms with van der Waals surface area (Å²) in [6.07, 6.45) is 5.71. The molecule has 17 heavy (non-hydrogen) atoms. The largest absolute Gasteiger partial charge is 0.327 e. The molecule has 2 saturated heterocycles. The number of fused-ring (bicyclic) bond motifs is 1. The van der Waals surface area contributed by atoms with E-state index in [2.05, 4.69) is 24.1 Å². The van der Waals surface area contributed by atoms with E-state index in [1.54, 1.807) is 0 Å². The molecule has 0 bridgehead atoms. The van der Waals surface area contributed by atoms with Gasteiger partial charge in [-0.1, -0.05) is 6.92 Å². The van der Waals surface area contributed by atoms with E-state index in [0.29, 0.717) is 17.3 Å². The summed E-state index contributed by atoms with van der Waals surface area (Å²) in [5.41, 5.74) is 0. The summed E-state index contributed by atoms with van der Waals surface area (Å²) in [6.45, 7) is 5.30. The van der Waals surface area contributed by atoms with E-state index >= 15 is 0 Å². The van der Waals surface area contributed by atoms with Crippen LogP contribution in [0.4, 0.5) is 0 Å². The number of hydrogen-bond acceptors (Lipinski definition) is 3. The lowest BCUT2D eigenvalue weighted by Gasteiger charge is -2.40. The summed E-state index contributed by atoms with van der Waals surface area (Å²) in [4.78, 5) is 14.7. The molecule has 0 unspecified atom stereocenters. The van der Waals surface area contributed by atoms with Gasteiger partial charge in [-0.15, -0.1) is 11.8 Å². The Hall–Kier alpha value is -0.220. The molecule has 2 aliphatic rings. The van der Waals surface area contributed by atoms with Gasteiger partial charge in [-0.2, -0.15) is 0 Å². The molecule has 0 aromatic carbocycles. The van der Waals surface area contributed by atoms with Crippen molar-refractivity contribution < 1.29 is 4.79 Å². The molecule has 0 saturated carbocycles. The number of nitrogens with zero attached hydrogens (tertiary/aromatic N) is 1. The Balaban J connectivity index is 2.06. The fraction of sp³-hybridized carbons (Fsp3) is 0.923. The molecular formula is C13H24N2OS. The molecule has 2 heterocycles. The Labute approximate surface area is 109 Å². The first-order valence-electron chi connectivity index (χ1n) is 6.91. The highest BCUT2D eigenvalue weighted by Gasteiger charge is 2.37. The van der Waals surface area contributed by atoms with Crippen molar-refractivity contribution in [2.75, 3.05) is 12.3 Å². The predicted molar refractivity (Wildman–Crippen MR) is 73.1 cm³/mol. The van der Waals surface area contributed by atoms with Crippen LogP contribution >= 0.6 is 11.8 Å². The normalized spacial score (nSPS) is 34.4. The Morgan fingerprint density at radius 1 is 1.41 bits per heavy atom. The van der Waals surface area contributed by atoms with Crippen molar-refractivity contribution >= 4 is 17.7 Å². The third kappa shape index (κ3) is 2.97. The van der Waals surface area contributed by atoms with Crippen LogP contribution in [0.15, 0.2) is 0 Å². The van der Waals surface area contributed by atoms with Crippen LogP contribution in [0, 0.1) is 0 Å². The van der Waals surface area contributed by atoms with Crippen molar-refractivity contribution in [2.45, 2.75) is 63.4 Å². The fourth-order valence-corrected chi connectivity index (χ4v) is 4.26. The van der Waals surface area contributed by atoms with Gasteiger partial charge in [0, 0.05) is 6.04 Å². The molecular weight excluding hydrogens is 232 g/mol. The number of nitrogens with one attached hydrogen (secondary N) is 1. The standard InChI is InChI=1S/C13H24N2OS/c1-3-8-14-11-7-9-17-12-6-4-5-10(2)15(12)13(11)16/h10-12,14H,3-9H2,1-2H3/t10-,11+,12+/m1/s1. The lowest BCUT2D eigenvalue weighted by Crippen LogP contribution is -2.53. The van der Waals surface area contributed by atoms with Gasteiger partial charge < -0.3 is 10.2 Å². The maximum Gasteiger partial charge on any atom is 0.240 e. The van der Waals surface area contributed by atoms with Gasteiger partial charge in [0.1, 0.15) is 0 Å². The summed E-state index contributed by atoms with van der Waals surface area (Å²) < 4.78 is 0. The van der Waals surface area contributed by atoms with E-state index in [0.717, 1.165) is 25.1 Å². The zero-order chi connectivity index (χ0) is 12.3. The summed E-state index contributed by atoms with van der Waals surface area (Å²) in [5.74, 6) is 1.46. The fourth-order valence-electron chi connectivity index (χ4n) is 2.81. The second-order valence-corrected chi connectivity index (χ2v) is 6.43. The lowest BCUT2D eigenvalue weighted by atomic mass is 10.0. The maximum atomic E-state index is 12.5. The van der Waals surface area contributed by atoms with Gasteiger partial charge in [0.2, 0.25) is 5.91 Å². The molecule has 0 radical (unpaired) electrons. The van der Waals surface area contributed by atoms with Gasteiger partial charge >= 0.3 is 0 Å². The quantitative estimate of drug-likeness (QED) is 0.840. The van der Waals surface area contributed by atoms with Crippen LogP contribution in [0.3, 0.4) is 0 Å². The molecule has 3 nitrogen and oxygen atoms in total. The van der Waals surface area contributed by atoms with Crippen molar-refractivity contribution in [1.29, 1.82) is 0 Å². The Bertz CT molecular complexity index is 272. The van der Waals surface area contributed by atoms with E-state index in [9.17, 15) is 4.79 Å². The zero-order valence-corrected chi connectivity index (χ0v) is 11.8. The Morgan fingerprint density at radius 2 is 2.24 bits per heavy atom. The van der Waals surface area contributed by atoms with Crippen LogP contribution in [-0.4, -0.2) is 40.6 Å². The molecule has 1 amide bonds. The van der Waals surface area contributed by atoms with Crippen molar-refractivity contribution in [3.63, 3.8) is 0 Å². The molecule has 1 N–H and O–H groups in total. The van der Waals surface area contributed by atoms with Crippen LogP contribution in [0.25, 0.3) is 0 Å². The van der Waals surface area contributed by atoms with Gasteiger partial charge in [0.25, 0.3) is 0 Å². The monoisotopic (exact) mass is 256 g/mol. The van der Waals surface area contributed by atoms with Crippen LogP contribution in [0.2, 0.25) is 0 Å². The van der Waals surface area contributed by atoms with Crippen molar-refractivity contribution in [3.05, 3.63) is 0 Å². The third-order valence-corrected chi connectivity index (χ3v) is 5.09. The minimum atomic E-state index is 0.0630. The van der Waals surface area contributed by atoms with Crippen molar-refractivity contribution in [3.8, 4) is 0 Å². The number of hydrogen-bond donors (Lipinski definition) is 1. The molecule has 2 rings (SSSR count). The van der Waals surface area contributed by atoms with Gasteiger partial charge in [-0.25, -0.2) is 0 Å². The van der Waals surface area contributed by atoms with Crippen LogP contribution < -0.4 is 5.32 Å². The van der Waals surface area contributed by atoms with Gasteiger partial charge in [0.05, 0.1) is 11.4 Å². The topological polar surface area (TPSA) is 32.3 Å². The van der Waals surface area contributed by atoms with Gasteiger partial charge in [-0.3, -0.25) is 4.79 Å². The minimum Gasteiger partial charge on any atom is -0.327 e. The first-order chi connectivity index (χ1) is 8.24. The predicted octanol–water partition coefficient (Wildman–Crippen LogP) is 2.22. The van der Waals surface area contributed by atoms with E-state index < -0.39 is 0 Å². The third-order valence-electron chi connectivity index (χ3n) is 3.77. The molecule has 0 aromatic heterocycles. The maximum absolute atomic E-state index is 12.5. The number of carbonyl (C=O) groups excluding carboxylic acids is 1. The first-order valence-corrected chi connectivity index (χ1v) is 7.96. The average Bonchev–Trinajstić information content (AvgIpc) is 2.47. The molecule has 2 aliphatic heterocycles. The van der Waals surface area contributed by atoms with E-state index in [1.165, 1.54) is 19.3 Å². The molecule has 3 atom stereocenters. The average molecular weight is 256 g/mol. The smallest absolute Gasteiger partial charge is 0.240 e. The molecule has 0 aliphatic carbocycles. The first kappa shape index (κ1) is 13.2. The molecule has 2 fully saturated rings. The number of rotatable bonds is 3. The van der Waals surface area contributed by atoms with Crippen molar-refractivity contribution in [2.24, 2.45) is 0 Å². The molecule has 0 aromatic rings. The number of piperidine rings is 1. The molecule has 0 spiro atoms. The Morgan fingerprint density at radius 3 is 3.00 bits per heavy atom. The van der Waals surface area contributed by atoms with Gasteiger partial charge in [-0.05, 0) is 51.3 Å². The lowest BCUT2D eigenvalue weighted by molar-refractivity contribution is -0.137. The molecule has 4 heteroatoms. The molecule has 98 valence electrons. The highest BCUT2D eigenvalue weighted by atomic mass is 32.2. The summed E-state index contributed by atoms with van der Waals surface area (Å²) in [6, 6.07) is 0.491. The number of carbonyl (C=O) groups is 1. The number of thioether (sulfide) groups is 1. The van der Waals surface area contributed by atoms with Crippen molar-refractivity contribution in [1.82, 2.24) is 10.2 Å². The summed E-state index contributed by atoms with van der Waals surface area (Å²) in [5, 5.41) is 3.85. The zero-order valence-electron chi connectivity index (χ0n) is 10.9.